The minimum Gasteiger partial charge on any atom is -0.493 e. The number of amides is 1. The van der Waals surface area contributed by atoms with Crippen LogP contribution in [0.5, 0.6) is 11.5 Å². The normalized spacial score (nSPS) is 16.5. The van der Waals surface area contributed by atoms with Crippen molar-refractivity contribution in [2.75, 3.05) is 13.7 Å². The van der Waals surface area contributed by atoms with Gasteiger partial charge in [-0.2, -0.15) is 0 Å². The molecule has 0 bridgehead atoms. The fraction of sp³-hybridized carbons (Fsp3) is 0.400. The molecule has 1 atom stereocenters. The number of nitrogens with one attached hydrogen (secondary N) is 1. The van der Waals surface area contributed by atoms with Gasteiger partial charge in [0.1, 0.15) is 0 Å². The molecule has 19 heavy (non-hydrogen) atoms. The van der Waals surface area contributed by atoms with E-state index in [1.807, 2.05) is 19.1 Å². The lowest BCUT2D eigenvalue weighted by Crippen LogP contribution is -2.31. The summed E-state index contributed by atoms with van der Waals surface area (Å²) in [7, 11) is 1.61. The Kier molecular flexibility index (Phi) is 3.96. The van der Waals surface area contributed by atoms with Crippen LogP contribution < -0.4 is 14.8 Å². The number of methoxy groups -OCH3 is 1. The molecule has 0 aromatic heterocycles. The van der Waals surface area contributed by atoms with Crippen LogP contribution in [0.25, 0.3) is 0 Å². The van der Waals surface area contributed by atoms with Gasteiger partial charge in [-0.05, 0) is 31.4 Å². The van der Waals surface area contributed by atoms with Crippen molar-refractivity contribution in [3.05, 3.63) is 23.3 Å². The van der Waals surface area contributed by atoms with Gasteiger partial charge in [0, 0.05) is 12.0 Å². The van der Waals surface area contributed by atoms with Crippen LogP contribution in [0.3, 0.4) is 0 Å². The molecule has 0 fully saturated rings. The topological polar surface area (TPSA) is 47.6 Å². The molecule has 0 saturated heterocycles. The van der Waals surface area contributed by atoms with Crippen LogP contribution in [0.4, 0.5) is 0 Å². The number of fused-ring (bicyclic) bond motifs is 1. The van der Waals surface area contributed by atoms with Gasteiger partial charge in [-0.3, -0.25) is 4.79 Å². The molecule has 4 nitrogen and oxygen atoms in total. The average molecular weight is 259 g/mol. The van der Waals surface area contributed by atoms with Crippen molar-refractivity contribution in [2.24, 2.45) is 0 Å². The molecular weight excluding hydrogens is 242 g/mol. The second-order valence-electron chi connectivity index (χ2n) is 4.42. The molecular formula is C15H17NO3. The maximum atomic E-state index is 11.6. The van der Waals surface area contributed by atoms with E-state index in [1.54, 1.807) is 14.0 Å². The molecule has 0 aliphatic carbocycles. The summed E-state index contributed by atoms with van der Waals surface area (Å²) in [6, 6.07) is 3.86. The molecule has 2 rings (SSSR count). The Morgan fingerprint density at radius 3 is 3.00 bits per heavy atom. The van der Waals surface area contributed by atoms with Crippen molar-refractivity contribution in [1.82, 2.24) is 5.32 Å². The SMILES string of the molecule is CC#CC(=O)NC1CCOc2c(OC)cc(C)cc21. The van der Waals surface area contributed by atoms with E-state index in [2.05, 4.69) is 17.2 Å². The highest BCUT2D eigenvalue weighted by Crippen LogP contribution is 2.40. The predicted octanol–water partition coefficient (Wildman–Crippen LogP) is 1.97. The molecule has 1 aromatic rings. The smallest absolute Gasteiger partial charge is 0.296 e. The van der Waals surface area contributed by atoms with Crippen LogP contribution >= 0.6 is 0 Å². The van der Waals surface area contributed by atoms with Gasteiger partial charge >= 0.3 is 0 Å². The van der Waals surface area contributed by atoms with E-state index < -0.39 is 0 Å². The first kappa shape index (κ1) is 13.3. The second-order valence-corrected chi connectivity index (χ2v) is 4.42. The minimum atomic E-state index is -0.263. The molecule has 1 aliphatic rings. The number of carbonyl (C=O) groups excluding carboxylic acids is 1. The molecule has 100 valence electrons. The third-order valence-electron chi connectivity index (χ3n) is 3.02. The predicted molar refractivity (Wildman–Crippen MR) is 72.2 cm³/mol. The van der Waals surface area contributed by atoms with Crippen LogP contribution in [0.1, 0.15) is 30.5 Å². The van der Waals surface area contributed by atoms with Crippen molar-refractivity contribution >= 4 is 5.91 Å². The van der Waals surface area contributed by atoms with E-state index in [1.165, 1.54) is 0 Å². The van der Waals surface area contributed by atoms with E-state index in [0.29, 0.717) is 18.1 Å². The molecule has 1 aliphatic heterocycles. The number of rotatable bonds is 2. The van der Waals surface area contributed by atoms with Crippen LogP contribution in [0.15, 0.2) is 12.1 Å². The molecule has 0 radical (unpaired) electrons. The van der Waals surface area contributed by atoms with Crippen LogP contribution in [-0.2, 0) is 4.79 Å². The average Bonchev–Trinajstić information content (AvgIpc) is 2.39. The lowest BCUT2D eigenvalue weighted by molar-refractivity contribution is -0.116. The Balaban J connectivity index is 2.34. The van der Waals surface area contributed by atoms with Crippen molar-refractivity contribution in [3.63, 3.8) is 0 Å². The monoisotopic (exact) mass is 259 g/mol. The van der Waals surface area contributed by atoms with E-state index >= 15 is 0 Å². The Labute approximate surface area is 113 Å². The number of hydrogen-bond donors (Lipinski definition) is 1. The lowest BCUT2D eigenvalue weighted by Gasteiger charge is -2.27. The highest BCUT2D eigenvalue weighted by atomic mass is 16.5. The zero-order chi connectivity index (χ0) is 13.8. The van der Waals surface area contributed by atoms with Crippen LogP contribution in [-0.4, -0.2) is 19.6 Å². The number of hydrogen-bond acceptors (Lipinski definition) is 3. The van der Waals surface area contributed by atoms with Gasteiger partial charge in [0.25, 0.3) is 5.91 Å². The summed E-state index contributed by atoms with van der Waals surface area (Å²) in [6.07, 6.45) is 0.733. The van der Waals surface area contributed by atoms with Crippen LogP contribution in [0, 0.1) is 18.8 Å². The first-order chi connectivity index (χ1) is 9.15. The molecule has 1 heterocycles. The van der Waals surface area contributed by atoms with Crippen LogP contribution in [0.2, 0.25) is 0 Å². The largest absolute Gasteiger partial charge is 0.493 e. The summed E-state index contributed by atoms with van der Waals surface area (Å²) >= 11 is 0. The third-order valence-corrected chi connectivity index (χ3v) is 3.02. The van der Waals surface area contributed by atoms with Gasteiger partial charge in [0.05, 0.1) is 19.8 Å². The molecule has 4 heteroatoms. The molecule has 1 N–H and O–H groups in total. The second kappa shape index (κ2) is 5.66. The lowest BCUT2D eigenvalue weighted by atomic mass is 9.98. The van der Waals surface area contributed by atoms with E-state index in [4.69, 9.17) is 9.47 Å². The molecule has 1 amide bonds. The maximum Gasteiger partial charge on any atom is 0.296 e. The number of ether oxygens (including phenoxy) is 2. The maximum absolute atomic E-state index is 11.6. The fourth-order valence-corrected chi connectivity index (χ4v) is 2.22. The standard InChI is InChI=1S/C15H17NO3/c1-4-5-14(17)16-12-6-7-19-15-11(12)8-10(2)9-13(15)18-3/h8-9,12H,6-7H2,1-3H3,(H,16,17). The van der Waals surface area contributed by atoms with Gasteiger partial charge in [-0.15, -0.1) is 0 Å². The van der Waals surface area contributed by atoms with Gasteiger partial charge in [0.2, 0.25) is 0 Å². The molecule has 1 aromatic carbocycles. The van der Waals surface area contributed by atoms with Gasteiger partial charge in [0.15, 0.2) is 11.5 Å². The minimum absolute atomic E-state index is 0.0779. The quantitative estimate of drug-likeness (QED) is 0.826. The van der Waals surface area contributed by atoms with E-state index in [-0.39, 0.29) is 11.9 Å². The highest BCUT2D eigenvalue weighted by molar-refractivity contribution is 5.93. The first-order valence-corrected chi connectivity index (χ1v) is 6.20. The summed E-state index contributed by atoms with van der Waals surface area (Å²) in [5.41, 5.74) is 2.02. The molecule has 1 unspecified atom stereocenters. The fourth-order valence-electron chi connectivity index (χ4n) is 2.22. The first-order valence-electron chi connectivity index (χ1n) is 6.20. The molecule has 0 saturated carbocycles. The summed E-state index contributed by atoms with van der Waals surface area (Å²) < 4.78 is 11.0. The van der Waals surface area contributed by atoms with E-state index in [0.717, 1.165) is 17.5 Å². The highest BCUT2D eigenvalue weighted by Gasteiger charge is 2.25. The summed E-state index contributed by atoms with van der Waals surface area (Å²) in [5, 5.41) is 2.91. The van der Waals surface area contributed by atoms with Crippen molar-refractivity contribution in [2.45, 2.75) is 26.3 Å². The Morgan fingerprint density at radius 2 is 2.32 bits per heavy atom. The number of benzene rings is 1. The van der Waals surface area contributed by atoms with Gasteiger partial charge in [-0.25, -0.2) is 0 Å². The van der Waals surface area contributed by atoms with Gasteiger partial charge in [-0.1, -0.05) is 12.0 Å². The number of aryl methyl sites for hydroxylation is 1. The zero-order valence-corrected chi connectivity index (χ0v) is 11.4. The summed E-state index contributed by atoms with van der Waals surface area (Å²) in [6.45, 7) is 4.18. The van der Waals surface area contributed by atoms with Crippen molar-refractivity contribution in [3.8, 4) is 23.3 Å². The Hall–Kier alpha value is -2.15. The van der Waals surface area contributed by atoms with Crippen molar-refractivity contribution < 1.29 is 14.3 Å². The Morgan fingerprint density at radius 1 is 1.53 bits per heavy atom. The number of carbonyl (C=O) groups is 1. The van der Waals surface area contributed by atoms with Gasteiger partial charge < -0.3 is 14.8 Å². The molecule has 0 spiro atoms. The summed E-state index contributed by atoms with van der Waals surface area (Å²) in [5.74, 6) is 6.25. The summed E-state index contributed by atoms with van der Waals surface area (Å²) in [4.78, 5) is 11.6. The third kappa shape index (κ3) is 2.82. The van der Waals surface area contributed by atoms with Crippen molar-refractivity contribution in [1.29, 1.82) is 0 Å². The zero-order valence-electron chi connectivity index (χ0n) is 11.4. The Bertz CT molecular complexity index is 554. The van der Waals surface area contributed by atoms with E-state index in [9.17, 15) is 4.79 Å².